The molecule has 100 valence electrons. The summed E-state index contributed by atoms with van der Waals surface area (Å²) in [4.78, 5) is 10.4. The van der Waals surface area contributed by atoms with Gasteiger partial charge in [0.05, 0.1) is 0 Å². The van der Waals surface area contributed by atoms with Crippen LogP contribution in [0.15, 0.2) is 6.33 Å². The Bertz CT molecular complexity index is 377. The third kappa shape index (κ3) is 3.71. The van der Waals surface area contributed by atoms with Crippen molar-refractivity contribution in [3.8, 4) is 0 Å². The van der Waals surface area contributed by atoms with Crippen LogP contribution in [0.4, 0.5) is 11.6 Å². The number of nitrogens with zero attached hydrogens (tertiary/aromatic N) is 3. The van der Waals surface area contributed by atoms with E-state index in [1.807, 2.05) is 0 Å². The molecule has 0 aliphatic carbocycles. The first kappa shape index (κ1) is 13.4. The van der Waals surface area contributed by atoms with E-state index in [2.05, 4.69) is 20.2 Å². The van der Waals surface area contributed by atoms with Crippen molar-refractivity contribution in [1.82, 2.24) is 14.9 Å². The molecular weight excluding hydrogens is 250 g/mol. The molecule has 1 aliphatic rings. The van der Waals surface area contributed by atoms with Crippen molar-refractivity contribution in [2.75, 3.05) is 37.2 Å². The third-order valence-electron chi connectivity index (χ3n) is 3.24. The van der Waals surface area contributed by atoms with Crippen LogP contribution in [0.1, 0.15) is 25.7 Å². The summed E-state index contributed by atoms with van der Waals surface area (Å²) in [5.74, 6) is 0.947. The molecule has 0 unspecified atom stereocenters. The monoisotopic (exact) mass is 269 g/mol. The van der Waals surface area contributed by atoms with Crippen molar-refractivity contribution in [2.24, 2.45) is 0 Å². The number of rotatable bonds is 4. The highest BCUT2D eigenvalue weighted by atomic mass is 35.5. The normalized spacial score (nSPS) is 17.4. The van der Waals surface area contributed by atoms with Crippen LogP contribution in [-0.4, -0.2) is 41.0 Å². The first-order valence-corrected chi connectivity index (χ1v) is 6.87. The van der Waals surface area contributed by atoms with E-state index >= 15 is 0 Å². The molecule has 0 bridgehead atoms. The summed E-state index contributed by atoms with van der Waals surface area (Å²) in [7, 11) is 0. The average Bonchev–Trinajstić information content (AvgIpc) is 2.63. The zero-order valence-electron chi connectivity index (χ0n) is 10.5. The van der Waals surface area contributed by atoms with Gasteiger partial charge in [-0.15, -0.1) is 0 Å². The second-order valence-electron chi connectivity index (χ2n) is 4.60. The van der Waals surface area contributed by atoms with Gasteiger partial charge in [0.15, 0.2) is 0 Å². The molecule has 3 N–H and O–H groups in total. The number of nitrogens with one attached hydrogen (secondary N) is 1. The van der Waals surface area contributed by atoms with Crippen molar-refractivity contribution in [3.63, 3.8) is 0 Å². The van der Waals surface area contributed by atoms with Gasteiger partial charge >= 0.3 is 0 Å². The smallest absolute Gasteiger partial charge is 0.150 e. The van der Waals surface area contributed by atoms with Gasteiger partial charge in [-0.05, 0) is 25.9 Å². The zero-order chi connectivity index (χ0) is 12.8. The van der Waals surface area contributed by atoms with Crippen LogP contribution in [0, 0.1) is 0 Å². The predicted octanol–water partition coefficient (Wildman–Crippen LogP) is 2.00. The maximum absolute atomic E-state index is 6.01. The van der Waals surface area contributed by atoms with Crippen molar-refractivity contribution in [1.29, 1.82) is 0 Å². The number of nitrogens with two attached hydrogens (primary N) is 1. The van der Waals surface area contributed by atoms with Gasteiger partial charge in [0.25, 0.3) is 0 Å². The van der Waals surface area contributed by atoms with E-state index < -0.39 is 0 Å². The van der Waals surface area contributed by atoms with Gasteiger partial charge in [0, 0.05) is 13.1 Å². The molecule has 0 saturated carbocycles. The Morgan fingerprint density at radius 3 is 2.67 bits per heavy atom. The first-order chi connectivity index (χ1) is 8.77. The fraction of sp³-hybridized carbons (Fsp3) is 0.667. The van der Waals surface area contributed by atoms with Crippen molar-refractivity contribution in [3.05, 3.63) is 11.3 Å². The Kier molecular flexibility index (Phi) is 5.01. The SMILES string of the molecule is Nc1ncnc(NCCN2CCCCCC2)c1Cl. The summed E-state index contributed by atoms with van der Waals surface area (Å²) in [6.07, 6.45) is 6.76. The highest BCUT2D eigenvalue weighted by molar-refractivity contribution is 6.35. The molecule has 0 radical (unpaired) electrons. The number of aromatic nitrogens is 2. The molecule has 1 aromatic rings. The Morgan fingerprint density at radius 1 is 1.22 bits per heavy atom. The largest absolute Gasteiger partial charge is 0.382 e. The minimum absolute atomic E-state index is 0.323. The highest BCUT2D eigenvalue weighted by Gasteiger charge is 2.09. The fourth-order valence-electron chi connectivity index (χ4n) is 2.20. The Morgan fingerprint density at radius 2 is 1.94 bits per heavy atom. The van der Waals surface area contributed by atoms with Gasteiger partial charge in [0.2, 0.25) is 0 Å². The lowest BCUT2D eigenvalue weighted by atomic mass is 10.2. The van der Waals surface area contributed by atoms with Crippen molar-refractivity contribution in [2.45, 2.75) is 25.7 Å². The fourth-order valence-corrected chi connectivity index (χ4v) is 2.36. The molecule has 6 heteroatoms. The van der Waals surface area contributed by atoms with E-state index in [4.69, 9.17) is 17.3 Å². The van der Waals surface area contributed by atoms with Crippen LogP contribution in [0.5, 0.6) is 0 Å². The summed E-state index contributed by atoms with van der Waals surface area (Å²) >= 11 is 6.01. The van der Waals surface area contributed by atoms with Gasteiger partial charge < -0.3 is 16.0 Å². The number of nitrogen functional groups attached to an aromatic ring is 1. The molecule has 0 spiro atoms. The molecule has 0 atom stereocenters. The van der Waals surface area contributed by atoms with Crippen LogP contribution in [0.2, 0.25) is 5.02 Å². The molecule has 5 nitrogen and oxygen atoms in total. The molecule has 1 fully saturated rings. The lowest BCUT2D eigenvalue weighted by molar-refractivity contribution is 0.296. The van der Waals surface area contributed by atoms with Crippen molar-refractivity contribution >= 4 is 23.2 Å². The number of halogens is 1. The second-order valence-corrected chi connectivity index (χ2v) is 4.98. The standard InChI is InChI=1S/C12H20ClN5/c13-10-11(14)16-9-17-12(10)15-5-8-18-6-3-1-2-4-7-18/h9H,1-8H2,(H3,14,15,16,17). The minimum atomic E-state index is 0.323. The molecule has 2 heterocycles. The predicted molar refractivity (Wildman–Crippen MR) is 74.9 cm³/mol. The van der Waals surface area contributed by atoms with E-state index in [1.165, 1.54) is 45.1 Å². The van der Waals surface area contributed by atoms with Crippen LogP contribution in [-0.2, 0) is 0 Å². The quantitative estimate of drug-likeness (QED) is 0.875. The van der Waals surface area contributed by atoms with Crippen LogP contribution in [0.3, 0.4) is 0 Å². The Labute approximate surface area is 113 Å². The van der Waals surface area contributed by atoms with Gasteiger partial charge in [0.1, 0.15) is 23.0 Å². The minimum Gasteiger partial charge on any atom is -0.382 e. The lowest BCUT2D eigenvalue weighted by Gasteiger charge is -2.20. The number of anilines is 2. The summed E-state index contributed by atoms with van der Waals surface area (Å²) in [5, 5.41) is 3.63. The Balaban J connectivity index is 1.79. The van der Waals surface area contributed by atoms with E-state index in [1.54, 1.807) is 0 Å². The molecule has 2 rings (SSSR count). The van der Waals surface area contributed by atoms with Crippen LogP contribution in [0.25, 0.3) is 0 Å². The van der Waals surface area contributed by atoms with Crippen LogP contribution >= 0.6 is 11.6 Å². The summed E-state index contributed by atoms with van der Waals surface area (Å²) < 4.78 is 0. The Hall–Kier alpha value is -1.07. The van der Waals surface area contributed by atoms with Crippen LogP contribution < -0.4 is 11.1 Å². The zero-order valence-corrected chi connectivity index (χ0v) is 11.3. The number of likely N-dealkylation sites (tertiary alicyclic amines) is 1. The second kappa shape index (κ2) is 6.75. The highest BCUT2D eigenvalue weighted by Crippen LogP contribution is 2.22. The molecule has 1 saturated heterocycles. The van der Waals surface area contributed by atoms with Gasteiger partial charge in [-0.2, -0.15) is 0 Å². The summed E-state index contributed by atoms with van der Waals surface area (Å²) in [6, 6.07) is 0. The molecule has 1 aliphatic heterocycles. The van der Waals surface area contributed by atoms with E-state index in [0.717, 1.165) is 13.1 Å². The molecule has 0 aromatic carbocycles. The number of hydrogen-bond acceptors (Lipinski definition) is 5. The molecule has 18 heavy (non-hydrogen) atoms. The molecule has 1 aromatic heterocycles. The van der Waals surface area contributed by atoms with E-state index in [9.17, 15) is 0 Å². The third-order valence-corrected chi connectivity index (χ3v) is 3.61. The van der Waals surface area contributed by atoms with E-state index in [0.29, 0.717) is 16.7 Å². The van der Waals surface area contributed by atoms with Crippen molar-refractivity contribution < 1.29 is 0 Å². The maximum Gasteiger partial charge on any atom is 0.150 e. The van der Waals surface area contributed by atoms with Gasteiger partial charge in [-0.3, -0.25) is 0 Å². The maximum atomic E-state index is 6.01. The lowest BCUT2D eigenvalue weighted by Crippen LogP contribution is -2.30. The topological polar surface area (TPSA) is 67.1 Å². The average molecular weight is 270 g/mol. The number of hydrogen-bond donors (Lipinski definition) is 2. The first-order valence-electron chi connectivity index (χ1n) is 6.49. The van der Waals surface area contributed by atoms with Gasteiger partial charge in [-0.1, -0.05) is 24.4 Å². The summed E-state index contributed by atoms with van der Waals surface area (Å²) in [6.45, 7) is 4.24. The molecular formula is C12H20ClN5. The molecule has 0 amide bonds. The van der Waals surface area contributed by atoms with Gasteiger partial charge in [-0.25, -0.2) is 9.97 Å². The van der Waals surface area contributed by atoms with E-state index in [-0.39, 0.29) is 0 Å². The summed E-state index contributed by atoms with van der Waals surface area (Å²) in [5.41, 5.74) is 5.62.